The minimum Gasteiger partial charge on any atom is -0.366 e. The lowest BCUT2D eigenvalue weighted by Gasteiger charge is -2.11. The third-order valence-electron chi connectivity index (χ3n) is 1.81. The fourth-order valence-corrected chi connectivity index (χ4v) is 1.04. The number of nitrogens with zero attached hydrogens (tertiary/aromatic N) is 2. The molecule has 3 N–H and O–H groups in total. The van der Waals surface area contributed by atoms with Crippen molar-refractivity contribution < 1.29 is 9.72 Å². The number of carbonyl (C=O) groups is 1. The van der Waals surface area contributed by atoms with Gasteiger partial charge in [0, 0.05) is 7.05 Å². The zero-order chi connectivity index (χ0) is 11.4. The van der Waals surface area contributed by atoms with Gasteiger partial charge in [-0.2, -0.15) is 0 Å². The van der Waals surface area contributed by atoms with Crippen LogP contribution in [0.25, 0.3) is 0 Å². The normalized spacial score (nSPS) is 11.9. The Balaban J connectivity index is 2.76. The van der Waals surface area contributed by atoms with Crippen LogP contribution in [0.2, 0.25) is 0 Å². The molecule has 82 valence electrons. The highest BCUT2D eigenvalue weighted by Gasteiger charge is 2.19. The predicted octanol–water partition coefficient (Wildman–Crippen LogP) is -0.136. The highest BCUT2D eigenvalue weighted by Crippen LogP contribution is 2.20. The Morgan fingerprint density at radius 1 is 1.73 bits per heavy atom. The van der Waals surface area contributed by atoms with Crippen molar-refractivity contribution in [3.63, 3.8) is 0 Å². The Hall–Kier alpha value is -2.12. The fourth-order valence-electron chi connectivity index (χ4n) is 1.04. The number of amides is 1. The zero-order valence-corrected chi connectivity index (χ0v) is 8.27. The van der Waals surface area contributed by atoms with Crippen molar-refractivity contribution in [2.75, 3.05) is 12.4 Å². The molecular weight excluding hydrogens is 202 g/mol. The van der Waals surface area contributed by atoms with E-state index < -0.39 is 11.0 Å². The first-order chi connectivity index (χ1) is 7.06. The van der Waals surface area contributed by atoms with Crippen LogP contribution in [-0.2, 0) is 4.79 Å². The van der Waals surface area contributed by atoms with Crippen molar-refractivity contribution in [3.05, 3.63) is 16.3 Å². The van der Waals surface area contributed by atoms with E-state index in [1.54, 1.807) is 6.92 Å². The van der Waals surface area contributed by atoms with Gasteiger partial charge in [0.15, 0.2) is 5.69 Å². The topological polar surface area (TPSA) is 113 Å². The molecule has 0 spiro atoms. The largest absolute Gasteiger partial charge is 0.366 e. The van der Waals surface area contributed by atoms with Crippen molar-refractivity contribution >= 4 is 17.4 Å². The Morgan fingerprint density at radius 3 is 2.93 bits per heavy atom. The van der Waals surface area contributed by atoms with E-state index in [9.17, 15) is 14.9 Å². The second kappa shape index (κ2) is 4.40. The molecule has 0 aromatic carbocycles. The molecule has 1 atom stereocenters. The van der Waals surface area contributed by atoms with Gasteiger partial charge in [0.05, 0.1) is 0 Å². The molecule has 0 aliphatic heterocycles. The van der Waals surface area contributed by atoms with E-state index in [4.69, 9.17) is 0 Å². The summed E-state index contributed by atoms with van der Waals surface area (Å²) in [5.41, 5.74) is 0.191. The molecule has 0 radical (unpaired) electrons. The number of H-pyrrole nitrogens is 1. The summed E-state index contributed by atoms with van der Waals surface area (Å²) in [5, 5.41) is 21.3. The predicted molar refractivity (Wildman–Crippen MR) is 52.4 cm³/mol. The smallest absolute Gasteiger partial charge is 0.366 e. The van der Waals surface area contributed by atoms with Crippen LogP contribution < -0.4 is 10.6 Å². The van der Waals surface area contributed by atoms with Crippen LogP contribution in [0, 0.1) is 10.1 Å². The molecule has 0 aliphatic carbocycles. The molecule has 1 aromatic rings. The fraction of sp³-hybridized carbons (Fsp3) is 0.429. The maximum atomic E-state index is 11.1. The average molecular weight is 213 g/mol. The molecule has 0 fully saturated rings. The van der Waals surface area contributed by atoms with Crippen LogP contribution in [0.5, 0.6) is 0 Å². The molecule has 1 aromatic heterocycles. The molecule has 8 nitrogen and oxygen atoms in total. The van der Waals surface area contributed by atoms with Gasteiger partial charge in [0.25, 0.3) is 0 Å². The number of anilines is 1. The van der Waals surface area contributed by atoms with E-state index in [1.165, 1.54) is 13.2 Å². The van der Waals surface area contributed by atoms with Crippen molar-refractivity contribution in [3.8, 4) is 0 Å². The van der Waals surface area contributed by atoms with E-state index in [-0.39, 0.29) is 17.4 Å². The number of likely N-dealkylation sites (N-methyl/N-ethyl adjacent to an activating group) is 1. The van der Waals surface area contributed by atoms with Crippen LogP contribution >= 0.6 is 0 Å². The van der Waals surface area contributed by atoms with Crippen LogP contribution in [0.1, 0.15) is 6.92 Å². The van der Waals surface area contributed by atoms with E-state index in [1.807, 2.05) is 0 Å². The van der Waals surface area contributed by atoms with Crippen LogP contribution in [0.3, 0.4) is 0 Å². The van der Waals surface area contributed by atoms with E-state index in [0.29, 0.717) is 0 Å². The number of aromatic nitrogens is 2. The second-order valence-corrected chi connectivity index (χ2v) is 2.87. The number of nitrogens with one attached hydrogen (secondary N) is 3. The SMILES string of the molecule is CNC(=O)C(C)Nc1cn[nH]c1[N+](=O)[O-]. The van der Waals surface area contributed by atoms with Crippen LogP contribution in [0.15, 0.2) is 6.20 Å². The molecular formula is C7H11N5O3. The first-order valence-electron chi connectivity index (χ1n) is 4.22. The van der Waals surface area contributed by atoms with Crippen LogP contribution in [-0.4, -0.2) is 34.1 Å². The first kappa shape index (κ1) is 11.0. The number of carbonyl (C=O) groups excluding carboxylic acids is 1. The highest BCUT2D eigenvalue weighted by atomic mass is 16.6. The molecule has 1 heterocycles. The van der Waals surface area contributed by atoms with Gasteiger partial charge in [-0.3, -0.25) is 4.79 Å². The van der Waals surface area contributed by atoms with Gasteiger partial charge in [-0.15, -0.1) is 5.10 Å². The van der Waals surface area contributed by atoms with Crippen molar-refractivity contribution in [2.45, 2.75) is 13.0 Å². The lowest BCUT2D eigenvalue weighted by atomic mass is 10.3. The van der Waals surface area contributed by atoms with Gasteiger partial charge in [-0.25, -0.2) is 0 Å². The van der Waals surface area contributed by atoms with Gasteiger partial charge in [0.1, 0.15) is 12.2 Å². The summed E-state index contributed by atoms with van der Waals surface area (Å²) < 4.78 is 0. The third kappa shape index (κ3) is 2.42. The van der Waals surface area contributed by atoms with E-state index in [2.05, 4.69) is 20.8 Å². The van der Waals surface area contributed by atoms with E-state index in [0.717, 1.165) is 0 Å². The average Bonchev–Trinajstić information content (AvgIpc) is 2.64. The first-order valence-corrected chi connectivity index (χ1v) is 4.22. The molecule has 1 rings (SSSR count). The van der Waals surface area contributed by atoms with Crippen molar-refractivity contribution in [1.82, 2.24) is 15.5 Å². The Bertz CT molecular complexity index is 374. The summed E-state index contributed by atoms with van der Waals surface area (Å²) in [5.74, 6) is -0.517. The Labute approximate surface area is 85.2 Å². The van der Waals surface area contributed by atoms with E-state index >= 15 is 0 Å². The lowest BCUT2D eigenvalue weighted by molar-refractivity contribution is -0.388. The van der Waals surface area contributed by atoms with Gasteiger partial charge >= 0.3 is 5.82 Å². The highest BCUT2D eigenvalue weighted by molar-refractivity contribution is 5.84. The zero-order valence-electron chi connectivity index (χ0n) is 8.27. The van der Waals surface area contributed by atoms with Gasteiger partial charge in [-0.1, -0.05) is 5.10 Å². The number of rotatable bonds is 4. The number of hydrogen-bond acceptors (Lipinski definition) is 5. The Morgan fingerprint density at radius 2 is 2.40 bits per heavy atom. The molecule has 1 amide bonds. The quantitative estimate of drug-likeness (QED) is 0.476. The van der Waals surface area contributed by atoms with Crippen LogP contribution in [0.4, 0.5) is 11.5 Å². The van der Waals surface area contributed by atoms with Gasteiger partial charge < -0.3 is 20.7 Å². The number of hydrogen-bond donors (Lipinski definition) is 3. The van der Waals surface area contributed by atoms with Crippen molar-refractivity contribution in [2.24, 2.45) is 0 Å². The maximum absolute atomic E-state index is 11.1. The number of nitro groups is 1. The summed E-state index contributed by atoms with van der Waals surface area (Å²) in [6.45, 7) is 1.59. The minimum absolute atomic E-state index is 0.191. The second-order valence-electron chi connectivity index (χ2n) is 2.87. The summed E-state index contributed by atoms with van der Waals surface area (Å²) in [7, 11) is 1.49. The van der Waals surface area contributed by atoms with Gasteiger partial charge in [-0.05, 0) is 11.8 Å². The lowest BCUT2D eigenvalue weighted by Crippen LogP contribution is -2.35. The standard InChI is InChI=1S/C7H11N5O3/c1-4(7(13)8-2)10-5-3-9-11-6(5)12(14)15/h3-4,10H,1-2H3,(H,8,13)(H,9,11). The number of aromatic amines is 1. The van der Waals surface area contributed by atoms with Gasteiger partial charge in [0.2, 0.25) is 5.91 Å². The molecule has 15 heavy (non-hydrogen) atoms. The molecule has 0 bridgehead atoms. The minimum atomic E-state index is -0.605. The maximum Gasteiger partial charge on any atom is 0.366 e. The molecule has 0 aliphatic rings. The summed E-state index contributed by atoms with van der Waals surface area (Å²) in [6, 6.07) is -0.564. The summed E-state index contributed by atoms with van der Waals surface area (Å²) >= 11 is 0. The molecule has 0 saturated heterocycles. The Kier molecular flexibility index (Phi) is 3.21. The van der Waals surface area contributed by atoms with Crippen molar-refractivity contribution in [1.29, 1.82) is 0 Å². The molecule has 1 unspecified atom stereocenters. The monoisotopic (exact) mass is 213 g/mol. The summed E-state index contributed by atoms with van der Waals surface area (Å²) in [4.78, 5) is 21.0. The third-order valence-corrected chi connectivity index (χ3v) is 1.81. The summed E-state index contributed by atoms with van der Waals surface area (Å²) in [6.07, 6.45) is 1.26. The molecule has 0 saturated carbocycles. The molecule has 8 heteroatoms.